The molecule has 1 heterocycles. The number of anilines is 1. The maximum absolute atomic E-state index is 11.2. The molecule has 1 aliphatic rings. The third-order valence-electron chi connectivity index (χ3n) is 1.96. The van der Waals surface area contributed by atoms with E-state index in [0.29, 0.717) is 30.4 Å². The highest BCUT2D eigenvalue weighted by Gasteiger charge is 2.14. The maximum atomic E-state index is 11.2. The van der Waals surface area contributed by atoms with Crippen molar-refractivity contribution in [1.29, 1.82) is 0 Å². The van der Waals surface area contributed by atoms with Crippen molar-refractivity contribution >= 4 is 27.3 Å². The van der Waals surface area contributed by atoms with Crippen LogP contribution >= 0.6 is 11.6 Å². The van der Waals surface area contributed by atoms with E-state index in [1.165, 1.54) is 0 Å². The lowest BCUT2D eigenvalue weighted by atomic mass is 10.3. The highest BCUT2D eigenvalue weighted by atomic mass is 35.5. The number of ether oxygens (including phenoxy) is 2. The molecular formula is C9H10ClNO4S. The second-order valence-corrected chi connectivity index (χ2v) is 5.49. The fraction of sp³-hybridized carbons (Fsp3) is 0.333. The highest BCUT2D eigenvalue weighted by Crippen LogP contribution is 2.32. The first-order valence-corrected chi connectivity index (χ1v) is 6.75. The van der Waals surface area contributed by atoms with Crippen LogP contribution in [0.4, 0.5) is 5.69 Å². The standard InChI is InChI=1S/C9H10ClNO4S/c10-6-16(12,13)11-7-1-2-8-9(5-7)15-4-3-14-8/h1-2,5,11H,3-4,6H2. The van der Waals surface area contributed by atoms with E-state index in [1.54, 1.807) is 18.2 Å². The average Bonchev–Trinajstić information content (AvgIpc) is 2.28. The van der Waals surface area contributed by atoms with Crippen molar-refractivity contribution in [3.8, 4) is 11.5 Å². The second kappa shape index (κ2) is 4.39. The van der Waals surface area contributed by atoms with Crippen LogP contribution in [-0.2, 0) is 10.0 Å². The summed E-state index contributed by atoms with van der Waals surface area (Å²) in [5, 5.41) is -0.485. The average molecular weight is 264 g/mol. The smallest absolute Gasteiger partial charge is 0.246 e. The summed E-state index contributed by atoms with van der Waals surface area (Å²) in [5.74, 6) is 1.14. The number of halogens is 1. The van der Waals surface area contributed by atoms with Gasteiger partial charge >= 0.3 is 0 Å². The van der Waals surface area contributed by atoms with E-state index < -0.39 is 15.2 Å². The van der Waals surface area contributed by atoms with Gasteiger partial charge in [0, 0.05) is 6.07 Å². The van der Waals surface area contributed by atoms with E-state index >= 15 is 0 Å². The summed E-state index contributed by atoms with van der Waals surface area (Å²) in [6.45, 7) is 0.957. The lowest BCUT2D eigenvalue weighted by molar-refractivity contribution is 0.171. The lowest BCUT2D eigenvalue weighted by Crippen LogP contribution is -2.17. The van der Waals surface area contributed by atoms with Crippen molar-refractivity contribution in [1.82, 2.24) is 0 Å². The monoisotopic (exact) mass is 263 g/mol. The van der Waals surface area contributed by atoms with E-state index in [2.05, 4.69) is 4.72 Å². The number of nitrogens with one attached hydrogen (secondary N) is 1. The van der Waals surface area contributed by atoms with Gasteiger partial charge in [-0.25, -0.2) is 8.42 Å². The fourth-order valence-electron chi connectivity index (χ4n) is 1.31. The SMILES string of the molecule is O=S(=O)(CCl)Nc1ccc2c(c1)OCCO2. The van der Waals surface area contributed by atoms with Crippen LogP contribution in [0.15, 0.2) is 18.2 Å². The van der Waals surface area contributed by atoms with Crippen LogP contribution in [0.5, 0.6) is 11.5 Å². The molecule has 5 nitrogen and oxygen atoms in total. The third-order valence-corrected chi connectivity index (χ3v) is 3.66. The van der Waals surface area contributed by atoms with Crippen molar-refractivity contribution in [2.45, 2.75) is 0 Å². The van der Waals surface area contributed by atoms with Gasteiger partial charge in [0.15, 0.2) is 11.5 Å². The molecule has 0 saturated heterocycles. The molecule has 88 valence electrons. The van der Waals surface area contributed by atoms with Crippen molar-refractivity contribution in [2.24, 2.45) is 0 Å². The normalized spacial score (nSPS) is 14.6. The molecule has 16 heavy (non-hydrogen) atoms. The largest absolute Gasteiger partial charge is 0.486 e. The summed E-state index contributed by atoms with van der Waals surface area (Å²) < 4.78 is 35.4. The molecule has 0 spiro atoms. The van der Waals surface area contributed by atoms with E-state index in [4.69, 9.17) is 21.1 Å². The Labute approximate surface area is 98.4 Å². The number of fused-ring (bicyclic) bond motifs is 1. The molecule has 0 atom stereocenters. The summed E-state index contributed by atoms with van der Waals surface area (Å²) in [6.07, 6.45) is 0. The molecule has 1 aromatic carbocycles. The zero-order valence-electron chi connectivity index (χ0n) is 8.27. The number of sulfonamides is 1. The Bertz CT molecular complexity index is 488. The lowest BCUT2D eigenvalue weighted by Gasteiger charge is -2.19. The minimum absolute atomic E-state index is 0.407. The third kappa shape index (κ3) is 2.51. The van der Waals surface area contributed by atoms with Gasteiger partial charge in [-0.1, -0.05) is 0 Å². The molecule has 0 aromatic heterocycles. The molecular weight excluding hydrogens is 254 g/mol. The van der Waals surface area contributed by atoms with Crippen molar-refractivity contribution in [2.75, 3.05) is 23.1 Å². The number of hydrogen-bond acceptors (Lipinski definition) is 4. The molecule has 0 aliphatic carbocycles. The van der Waals surface area contributed by atoms with Crippen molar-refractivity contribution in [3.05, 3.63) is 18.2 Å². The Hall–Kier alpha value is -1.14. The molecule has 7 heteroatoms. The van der Waals surface area contributed by atoms with Gasteiger partial charge in [-0.3, -0.25) is 4.72 Å². The highest BCUT2D eigenvalue weighted by molar-refractivity contribution is 7.93. The number of rotatable bonds is 3. The van der Waals surface area contributed by atoms with E-state index in [0.717, 1.165) is 0 Å². The Morgan fingerprint density at radius 3 is 2.62 bits per heavy atom. The van der Waals surface area contributed by atoms with Crippen LogP contribution in [0.2, 0.25) is 0 Å². The predicted molar refractivity (Wildman–Crippen MR) is 60.7 cm³/mol. The van der Waals surface area contributed by atoms with Gasteiger partial charge < -0.3 is 9.47 Å². The van der Waals surface area contributed by atoms with E-state index in [1.807, 2.05) is 0 Å². The summed E-state index contributed by atoms with van der Waals surface area (Å²) in [6, 6.07) is 4.82. The van der Waals surface area contributed by atoms with Crippen molar-refractivity contribution in [3.63, 3.8) is 0 Å². The van der Waals surface area contributed by atoms with Gasteiger partial charge in [0.25, 0.3) is 0 Å². The molecule has 0 radical (unpaired) electrons. The minimum Gasteiger partial charge on any atom is -0.486 e. The molecule has 0 fully saturated rings. The van der Waals surface area contributed by atoms with E-state index in [-0.39, 0.29) is 0 Å². The van der Waals surface area contributed by atoms with Gasteiger partial charge in [-0.05, 0) is 12.1 Å². The maximum Gasteiger partial charge on any atom is 0.246 e. The topological polar surface area (TPSA) is 64.6 Å². The van der Waals surface area contributed by atoms with Crippen LogP contribution in [0, 0.1) is 0 Å². The van der Waals surface area contributed by atoms with Crippen LogP contribution in [0.25, 0.3) is 0 Å². The molecule has 0 unspecified atom stereocenters. The minimum atomic E-state index is -3.48. The van der Waals surface area contributed by atoms with Crippen LogP contribution in [0.1, 0.15) is 0 Å². The zero-order valence-corrected chi connectivity index (χ0v) is 9.85. The molecule has 0 amide bonds. The molecule has 1 aliphatic heterocycles. The summed E-state index contributed by atoms with van der Waals surface area (Å²) in [7, 11) is -3.48. The molecule has 0 bridgehead atoms. The zero-order chi connectivity index (χ0) is 11.6. The quantitative estimate of drug-likeness (QED) is 0.837. The van der Waals surface area contributed by atoms with Crippen LogP contribution in [0.3, 0.4) is 0 Å². The van der Waals surface area contributed by atoms with Gasteiger partial charge in [-0.2, -0.15) is 0 Å². The number of hydrogen-bond donors (Lipinski definition) is 1. The predicted octanol–water partition coefficient (Wildman–Crippen LogP) is 1.40. The second-order valence-electron chi connectivity index (χ2n) is 3.18. The van der Waals surface area contributed by atoms with E-state index in [9.17, 15) is 8.42 Å². The fourth-order valence-corrected chi connectivity index (χ4v) is 2.02. The van der Waals surface area contributed by atoms with Gasteiger partial charge in [-0.15, -0.1) is 11.6 Å². The van der Waals surface area contributed by atoms with Crippen LogP contribution < -0.4 is 14.2 Å². The summed E-state index contributed by atoms with van der Waals surface area (Å²) in [4.78, 5) is 0. The Kier molecular flexibility index (Phi) is 3.11. The number of benzene rings is 1. The first kappa shape index (κ1) is 11.3. The Morgan fingerprint density at radius 2 is 1.94 bits per heavy atom. The Morgan fingerprint density at radius 1 is 1.25 bits per heavy atom. The molecule has 1 aromatic rings. The van der Waals surface area contributed by atoms with Gasteiger partial charge in [0.2, 0.25) is 10.0 Å². The summed E-state index contributed by atoms with van der Waals surface area (Å²) in [5.41, 5.74) is 0.407. The Balaban J connectivity index is 2.24. The van der Waals surface area contributed by atoms with Gasteiger partial charge in [0.05, 0.1) is 5.69 Å². The molecule has 0 saturated carbocycles. The van der Waals surface area contributed by atoms with Gasteiger partial charge in [0.1, 0.15) is 18.4 Å². The number of alkyl halides is 1. The first-order valence-electron chi connectivity index (χ1n) is 4.57. The molecule has 1 N–H and O–H groups in total. The molecule has 2 rings (SSSR count). The van der Waals surface area contributed by atoms with Crippen LogP contribution in [-0.4, -0.2) is 26.8 Å². The first-order chi connectivity index (χ1) is 7.61. The summed E-state index contributed by atoms with van der Waals surface area (Å²) >= 11 is 5.28. The van der Waals surface area contributed by atoms with Crippen molar-refractivity contribution < 1.29 is 17.9 Å².